The number of amides is 2. The van der Waals surface area contributed by atoms with Crippen molar-refractivity contribution in [3.63, 3.8) is 0 Å². The van der Waals surface area contributed by atoms with Gasteiger partial charge in [-0.2, -0.15) is 13.2 Å². The molecule has 2 amide bonds. The number of nitrogens with one attached hydrogen (secondary N) is 2. The molecule has 1 aliphatic heterocycles. The van der Waals surface area contributed by atoms with Crippen molar-refractivity contribution in [2.45, 2.75) is 12.7 Å². The van der Waals surface area contributed by atoms with E-state index in [-0.39, 0.29) is 23.6 Å². The fraction of sp³-hybridized carbons (Fsp3) is 0.235. The summed E-state index contributed by atoms with van der Waals surface area (Å²) in [4.78, 5) is 29.5. The number of alkyl halides is 3. The summed E-state index contributed by atoms with van der Waals surface area (Å²) in [6.45, 7) is -0.326. The van der Waals surface area contributed by atoms with E-state index < -0.39 is 30.0 Å². The Morgan fingerprint density at radius 2 is 2.07 bits per heavy atom. The number of rotatable bonds is 3. The Kier molecular flexibility index (Phi) is 4.73. The van der Waals surface area contributed by atoms with Gasteiger partial charge in [0.15, 0.2) is 5.82 Å². The van der Waals surface area contributed by atoms with E-state index in [9.17, 15) is 27.2 Å². The highest BCUT2D eigenvalue weighted by Gasteiger charge is 2.33. The number of pyridine rings is 1. The SMILES string of the molecule is CN1CC(=O)Nc2cc(C(=O)NCc3ccc(F)cc3C(F)(F)F)cnc21. The van der Waals surface area contributed by atoms with Gasteiger partial charge in [-0.1, -0.05) is 6.07 Å². The van der Waals surface area contributed by atoms with Gasteiger partial charge in [-0.15, -0.1) is 0 Å². The second kappa shape index (κ2) is 6.86. The molecule has 0 saturated heterocycles. The Labute approximate surface area is 151 Å². The summed E-state index contributed by atoms with van der Waals surface area (Å²) in [6, 6.07) is 3.63. The Morgan fingerprint density at radius 3 is 2.78 bits per heavy atom. The number of aromatic nitrogens is 1. The molecule has 0 bridgehead atoms. The molecule has 0 unspecified atom stereocenters. The zero-order valence-electron chi connectivity index (χ0n) is 14.0. The minimum atomic E-state index is -4.75. The maximum atomic E-state index is 13.1. The number of fused-ring (bicyclic) bond motifs is 1. The van der Waals surface area contributed by atoms with Gasteiger partial charge in [0.2, 0.25) is 5.91 Å². The van der Waals surface area contributed by atoms with E-state index >= 15 is 0 Å². The molecule has 2 heterocycles. The van der Waals surface area contributed by atoms with Gasteiger partial charge >= 0.3 is 6.18 Å². The van der Waals surface area contributed by atoms with Gasteiger partial charge in [-0.3, -0.25) is 9.59 Å². The highest BCUT2D eigenvalue weighted by molar-refractivity contribution is 6.02. The summed E-state index contributed by atoms with van der Waals surface area (Å²) in [6.07, 6.45) is -3.48. The summed E-state index contributed by atoms with van der Waals surface area (Å²) in [5, 5.41) is 4.93. The van der Waals surface area contributed by atoms with Gasteiger partial charge in [0.05, 0.1) is 23.4 Å². The van der Waals surface area contributed by atoms with Crippen LogP contribution in [0.4, 0.5) is 29.1 Å². The van der Waals surface area contributed by atoms with Gasteiger partial charge in [0.25, 0.3) is 5.91 Å². The predicted octanol–water partition coefficient (Wildman–Crippen LogP) is 2.56. The quantitative estimate of drug-likeness (QED) is 0.801. The first-order valence-corrected chi connectivity index (χ1v) is 7.80. The number of hydrogen-bond donors (Lipinski definition) is 2. The molecule has 0 saturated carbocycles. The largest absolute Gasteiger partial charge is 0.416 e. The minimum Gasteiger partial charge on any atom is -0.349 e. The molecule has 142 valence electrons. The van der Waals surface area contributed by atoms with Crippen LogP contribution in [0.15, 0.2) is 30.5 Å². The number of halogens is 4. The van der Waals surface area contributed by atoms with Gasteiger partial charge in [-0.05, 0) is 23.8 Å². The Morgan fingerprint density at radius 1 is 1.33 bits per heavy atom. The fourth-order valence-corrected chi connectivity index (χ4v) is 2.70. The monoisotopic (exact) mass is 382 g/mol. The summed E-state index contributed by atoms with van der Waals surface area (Å²) in [5.41, 5.74) is -1.02. The van der Waals surface area contributed by atoms with Crippen molar-refractivity contribution in [3.8, 4) is 0 Å². The molecule has 6 nitrogen and oxygen atoms in total. The fourth-order valence-electron chi connectivity index (χ4n) is 2.70. The first-order chi connectivity index (χ1) is 12.6. The molecule has 27 heavy (non-hydrogen) atoms. The highest BCUT2D eigenvalue weighted by Crippen LogP contribution is 2.32. The van der Waals surface area contributed by atoms with E-state index in [0.29, 0.717) is 17.6 Å². The van der Waals surface area contributed by atoms with Crippen LogP contribution in [0.3, 0.4) is 0 Å². The molecule has 0 fully saturated rings. The Hall–Kier alpha value is -3.17. The second-order valence-electron chi connectivity index (χ2n) is 5.98. The van der Waals surface area contributed by atoms with Crippen LogP contribution in [0.2, 0.25) is 0 Å². The van der Waals surface area contributed by atoms with Gasteiger partial charge in [0, 0.05) is 19.8 Å². The number of hydrogen-bond acceptors (Lipinski definition) is 4. The van der Waals surface area contributed by atoms with Crippen LogP contribution in [-0.2, 0) is 17.5 Å². The average Bonchev–Trinajstić information content (AvgIpc) is 2.58. The lowest BCUT2D eigenvalue weighted by atomic mass is 10.1. The highest BCUT2D eigenvalue weighted by atomic mass is 19.4. The standard InChI is InChI=1S/C17H14F4N4O2/c1-25-8-14(26)24-13-4-10(7-22-15(13)25)16(27)23-6-9-2-3-11(18)5-12(9)17(19,20)21/h2-5,7H,6,8H2,1H3,(H,23,27)(H,24,26). The van der Waals surface area contributed by atoms with E-state index in [1.165, 1.54) is 12.3 Å². The molecule has 1 aliphatic rings. The number of benzene rings is 1. The molecule has 0 aliphatic carbocycles. The van der Waals surface area contributed by atoms with Gasteiger partial charge in [0.1, 0.15) is 5.82 Å². The number of anilines is 2. The lowest BCUT2D eigenvalue weighted by Gasteiger charge is -2.26. The van der Waals surface area contributed by atoms with Crippen molar-refractivity contribution in [2.75, 3.05) is 23.8 Å². The third-order valence-electron chi connectivity index (χ3n) is 3.96. The van der Waals surface area contributed by atoms with Gasteiger partial charge in [-0.25, -0.2) is 9.37 Å². The third-order valence-corrected chi connectivity index (χ3v) is 3.96. The summed E-state index contributed by atoms with van der Waals surface area (Å²) in [7, 11) is 1.66. The van der Waals surface area contributed by atoms with Crippen LogP contribution < -0.4 is 15.5 Å². The van der Waals surface area contributed by atoms with Crippen LogP contribution >= 0.6 is 0 Å². The van der Waals surface area contributed by atoms with E-state index in [1.54, 1.807) is 11.9 Å². The molecular weight excluding hydrogens is 368 g/mol. The van der Waals surface area contributed by atoms with Crippen molar-refractivity contribution in [1.82, 2.24) is 10.3 Å². The molecule has 0 spiro atoms. The molecule has 3 rings (SSSR count). The second-order valence-corrected chi connectivity index (χ2v) is 5.98. The van der Waals surface area contributed by atoms with Crippen molar-refractivity contribution in [3.05, 3.63) is 53.0 Å². The van der Waals surface area contributed by atoms with E-state index in [0.717, 1.165) is 12.1 Å². The first kappa shape index (κ1) is 18.6. The molecule has 2 N–H and O–H groups in total. The van der Waals surface area contributed by atoms with Crippen LogP contribution in [-0.4, -0.2) is 30.4 Å². The summed E-state index contributed by atoms with van der Waals surface area (Å²) >= 11 is 0. The van der Waals surface area contributed by atoms with Crippen LogP contribution in [0.5, 0.6) is 0 Å². The lowest BCUT2D eigenvalue weighted by Crippen LogP contribution is -2.36. The Bertz CT molecular complexity index is 914. The number of carbonyl (C=O) groups excluding carboxylic acids is 2. The minimum absolute atomic E-state index is 0.0695. The van der Waals surface area contributed by atoms with Crippen LogP contribution in [0, 0.1) is 5.82 Å². The number of nitrogens with zero attached hydrogens (tertiary/aromatic N) is 2. The normalized spacial score (nSPS) is 13.8. The van der Waals surface area contributed by atoms with Crippen molar-refractivity contribution >= 4 is 23.3 Å². The topological polar surface area (TPSA) is 74.3 Å². The van der Waals surface area contributed by atoms with Crippen molar-refractivity contribution in [2.24, 2.45) is 0 Å². The van der Waals surface area contributed by atoms with Crippen LogP contribution in [0.1, 0.15) is 21.5 Å². The number of likely N-dealkylation sites (N-methyl/N-ethyl adjacent to an activating group) is 1. The van der Waals surface area contributed by atoms with Gasteiger partial charge < -0.3 is 15.5 Å². The van der Waals surface area contributed by atoms with E-state index in [1.807, 2.05) is 0 Å². The van der Waals surface area contributed by atoms with Crippen molar-refractivity contribution < 1.29 is 27.2 Å². The maximum Gasteiger partial charge on any atom is 0.416 e. The zero-order valence-corrected chi connectivity index (χ0v) is 14.0. The smallest absolute Gasteiger partial charge is 0.349 e. The molecular formula is C17H14F4N4O2. The average molecular weight is 382 g/mol. The molecule has 1 aromatic heterocycles. The third kappa shape index (κ3) is 3.99. The predicted molar refractivity (Wildman–Crippen MR) is 88.7 cm³/mol. The maximum absolute atomic E-state index is 13.1. The Balaban J connectivity index is 1.78. The molecule has 0 radical (unpaired) electrons. The van der Waals surface area contributed by atoms with E-state index in [4.69, 9.17) is 0 Å². The summed E-state index contributed by atoms with van der Waals surface area (Å²) < 4.78 is 52.1. The summed E-state index contributed by atoms with van der Waals surface area (Å²) in [5.74, 6) is -1.49. The lowest BCUT2D eigenvalue weighted by molar-refractivity contribution is -0.138. The molecule has 0 atom stereocenters. The molecule has 2 aromatic rings. The van der Waals surface area contributed by atoms with E-state index in [2.05, 4.69) is 15.6 Å². The number of carbonyl (C=O) groups is 2. The molecule has 10 heteroatoms. The van der Waals surface area contributed by atoms with Crippen molar-refractivity contribution in [1.29, 1.82) is 0 Å². The zero-order chi connectivity index (χ0) is 19.8. The first-order valence-electron chi connectivity index (χ1n) is 7.80. The van der Waals surface area contributed by atoms with Crippen LogP contribution in [0.25, 0.3) is 0 Å². The molecule has 1 aromatic carbocycles.